The normalized spacial score (nSPS) is 23.8. The second-order valence-electron chi connectivity index (χ2n) is 13.1. The third kappa shape index (κ3) is 16.3. The van der Waals surface area contributed by atoms with E-state index in [4.69, 9.17) is 9.47 Å². The molecule has 242 valence electrons. The summed E-state index contributed by atoms with van der Waals surface area (Å²) in [5.41, 5.74) is 0. The van der Waals surface area contributed by atoms with Gasteiger partial charge in [0, 0.05) is 6.42 Å². The van der Waals surface area contributed by atoms with E-state index in [1.807, 2.05) is 0 Å². The Morgan fingerprint density at radius 1 is 0.714 bits per heavy atom. The third-order valence-corrected chi connectivity index (χ3v) is 9.77. The molecule has 0 radical (unpaired) electrons. The summed E-state index contributed by atoms with van der Waals surface area (Å²) in [5, 5.41) is 9.70. The van der Waals surface area contributed by atoms with E-state index in [9.17, 15) is 14.7 Å². The molecular weight excluding hydrogens is 524 g/mol. The molecule has 42 heavy (non-hydrogen) atoms. The van der Waals surface area contributed by atoms with Gasteiger partial charge in [-0.25, -0.2) is 0 Å². The summed E-state index contributed by atoms with van der Waals surface area (Å²) < 4.78 is 11.0. The highest BCUT2D eigenvalue weighted by molar-refractivity contribution is 5.72. The molecule has 0 spiro atoms. The lowest BCUT2D eigenvalue weighted by molar-refractivity contribution is -0.154. The highest BCUT2D eigenvalue weighted by Gasteiger charge is 2.33. The Hall–Kier alpha value is -1.62. The second-order valence-corrected chi connectivity index (χ2v) is 13.1. The van der Waals surface area contributed by atoms with Crippen LogP contribution >= 0.6 is 0 Å². The predicted molar refractivity (Wildman–Crippen MR) is 173 cm³/mol. The number of esters is 2. The lowest BCUT2D eigenvalue weighted by Gasteiger charge is -2.37. The molecule has 2 aliphatic rings. The van der Waals surface area contributed by atoms with Crippen molar-refractivity contribution in [3.05, 3.63) is 24.3 Å². The van der Waals surface area contributed by atoms with E-state index in [0.717, 1.165) is 75.5 Å². The summed E-state index contributed by atoms with van der Waals surface area (Å²) in [5.74, 6) is 1.81. The maximum Gasteiger partial charge on any atom is 0.308 e. The quantitative estimate of drug-likeness (QED) is 0.0774. The number of hydrogen-bond donors (Lipinski definition) is 1. The van der Waals surface area contributed by atoms with Gasteiger partial charge >= 0.3 is 11.9 Å². The van der Waals surface area contributed by atoms with Crippen LogP contribution in [0.4, 0.5) is 0 Å². The van der Waals surface area contributed by atoms with Crippen LogP contribution in [0.15, 0.2) is 24.3 Å². The molecule has 1 unspecified atom stereocenters. The molecular formula is C37H64O5. The Bertz CT molecular complexity index is 743. The van der Waals surface area contributed by atoms with Crippen LogP contribution in [0.3, 0.4) is 0 Å². The van der Waals surface area contributed by atoms with Crippen molar-refractivity contribution in [1.29, 1.82) is 0 Å². The number of ether oxygens (including phenoxy) is 2. The lowest BCUT2D eigenvalue weighted by Crippen LogP contribution is -2.30. The van der Waals surface area contributed by atoms with Crippen LogP contribution in [0.2, 0.25) is 0 Å². The van der Waals surface area contributed by atoms with E-state index in [-0.39, 0.29) is 43.6 Å². The third-order valence-electron chi connectivity index (χ3n) is 9.77. The van der Waals surface area contributed by atoms with Gasteiger partial charge in [-0.1, -0.05) is 89.5 Å². The summed E-state index contributed by atoms with van der Waals surface area (Å²) in [6.07, 6.45) is 33.1. The SMILES string of the molecule is CCCCC/C=C\C/C=C\CCCCCCCC(=O)OCC(CO)COC(=O)C1CCC(C2CCC(CC)CC2)CC1. The van der Waals surface area contributed by atoms with E-state index in [2.05, 4.69) is 38.2 Å². The van der Waals surface area contributed by atoms with Crippen LogP contribution in [0.5, 0.6) is 0 Å². The van der Waals surface area contributed by atoms with Gasteiger partial charge in [0.1, 0.15) is 0 Å². The molecule has 0 saturated heterocycles. The van der Waals surface area contributed by atoms with E-state index in [1.165, 1.54) is 70.6 Å². The molecule has 0 aromatic rings. The van der Waals surface area contributed by atoms with Crippen LogP contribution in [-0.4, -0.2) is 36.9 Å². The van der Waals surface area contributed by atoms with Crippen molar-refractivity contribution in [3.8, 4) is 0 Å². The minimum absolute atomic E-state index is 0.0200. The molecule has 0 heterocycles. The Morgan fingerprint density at radius 2 is 1.29 bits per heavy atom. The van der Waals surface area contributed by atoms with E-state index >= 15 is 0 Å². The van der Waals surface area contributed by atoms with Crippen molar-refractivity contribution in [1.82, 2.24) is 0 Å². The summed E-state index contributed by atoms with van der Waals surface area (Å²) >= 11 is 0. The van der Waals surface area contributed by atoms with Crippen molar-refractivity contribution >= 4 is 11.9 Å². The van der Waals surface area contributed by atoms with E-state index in [0.29, 0.717) is 6.42 Å². The second kappa shape index (κ2) is 23.8. The van der Waals surface area contributed by atoms with Gasteiger partial charge in [-0.2, -0.15) is 0 Å². The van der Waals surface area contributed by atoms with Crippen molar-refractivity contribution in [3.63, 3.8) is 0 Å². The fourth-order valence-electron chi connectivity index (χ4n) is 6.73. The number of carbonyl (C=O) groups is 2. The van der Waals surface area contributed by atoms with Crippen LogP contribution in [0.25, 0.3) is 0 Å². The molecule has 0 aliphatic heterocycles. The van der Waals surface area contributed by atoms with Crippen LogP contribution in [0, 0.1) is 29.6 Å². The number of rotatable bonds is 22. The number of aliphatic hydroxyl groups excluding tert-OH is 1. The largest absolute Gasteiger partial charge is 0.465 e. The lowest BCUT2D eigenvalue weighted by atomic mass is 9.69. The van der Waals surface area contributed by atoms with E-state index in [1.54, 1.807) is 0 Å². The van der Waals surface area contributed by atoms with Crippen LogP contribution < -0.4 is 0 Å². The van der Waals surface area contributed by atoms with Crippen molar-refractivity contribution in [2.24, 2.45) is 29.6 Å². The zero-order valence-corrected chi connectivity index (χ0v) is 27.2. The standard InChI is InChI=1S/C37H64O5/c1-3-5-6-7-8-9-10-11-12-13-14-15-16-17-18-19-36(39)41-29-32(28-38)30-42-37(40)35-26-24-34(25-27-35)33-22-20-31(4-2)21-23-33/h8-9,11-12,31-35,38H,3-7,10,13-30H2,1-2H3/b9-8-,12-11-. The molecule has 2 saturated carbocycles. The molecule has 2 aliphatic carbocycles. The number of allylic oxidation sites excluding steroid dienone is 4. The van der Waals surface area contributed by atoms with Gasteiger partial charge in [-0.3, -0.25) is 9.59 Å². The molecule has 2 rings (SSSR count). The average molecular weight is 589 g/mol. The Kier molecular flexibility index (Phi) is 20.7. The van der Waals surface area contributed by atoms with Gasteiger partial charge in [0.15, 0.2) is 0 Å². The first-order valence-corrected chi connectivity index (χ1v) is 17.8. The number of unbranched alkanes of at least 4 members (excludes halogenated alkanes) is 8. The topological polar surface area (TPSA) is 72.8 Å². The molecule has 0 bridgehead atoms. The smallest absolute Gasteiger partial charge is 0.308 e. The fraction of sp³-hybridized carbons (Fsp3) is 0.838. The van der Waals surface area contributed by atoms with Crippen LogP contribution in [-0.2, 0) is 19.1 Å². The maximum atomic E-state index is 12.7. The zero-order valence-electron chi connectivity index (χ0n) is 27.2. The summed E-state index contributed by atoms with van der Waals surface area (Å²) in [7, 11) is 0. The summed E-state index contributed by atoms with van der Waals surface area (Å²) in [6.45, 7) is 4.62. The van der Waals surface area contributed by atoms with Gasteiger partial charge in [-0.15, -0.1) is 0 Å². The Labute approximate surface area is 258 Å². The van der Waals surface area contributed by atoms with Gasteiger partial charge in [0.25, 0.3) is 0 Å². The first kappa shape index (κ1) is 36.6. The van der Waals surface area contributed by atoms with E-state index < -0.39 is 0 Å². The minimum atomic E-state index is -0.354. The minimum Gasteiger partial charge on any atom is -0.465 e. The van der Waals surface area contributed by atoms with Gasteiger partial charge < -0.3 is 14.6 Å². The first-order valence-electron chi connectivity index (χ1n) is 17.8. The summed E-state index contributed by atoms with van der Waals surface area (Å²) in [6, 6.07) is 0. The highest BCUT2D eigenvalue weighted by Crippen LogP contribution is 2.42. The van der Waals surface area contributed by atoms with Gasteiger partial charge in [0.2, 0.25) is 0 Å². The molecule has 5 nitrogen and oxygen atoms in total. The Balaban J connectivity index is 1.44. The van der Waals surface area contributed by atoms with Gasteiger partial charge in [0.05, 0.1) is 31.7 Å². The molecule has 5 heteroatoms. The van der Waals surface area contributed by atoms with Gasteiger partial charge in [-0.05, 0) is 94.8 Å². The maximum absolute atomic E-state index is 12.7. The van der Waals surface area contributed by atoms with Crippen LogP contribution in [0.1, 0.15) is 149 Å². The number of hydrogen-bond acceptors (Lipinski definition) is 5. The molecule has 1 atom stereocenters. The molecule has 1 N–H and O–H groups in total. The molecule has 0 aromatic carbocycles. The average Bonchev–Trinajstić information content (AvgIpc) is 3.03. The number of carbonyl (C=O) groups excluding carboxylic acids is 2. The molecule has 0 amide bonds. The zero-order chi connectivity index (χ0) is 30.3. The Morgan fingerprint density at radius 3 is 1.90 bits per heavy atom. The van der Waals surface area contributed by atoms with Crippen molar-refractivity contribution < 1.29 is 24.2 Å². The monoisotopic (exact) mass is 588 g/mol. The molecule has 0 aromatic heterocycles. The number of aliphatic hydroxyl groups is 1. The molecule has 2 fully saturated rings. The fourth-order valence-corrected chi connectivity index (χ4v) is 6.73. The summed E-state index contributed by atoms with van der Waals surface area (Å²) in [4.78, 5) is 24.8. The first-order chi connectivity index (χ1) is 20.6. The van der Waals surface area contributed by atoms with Crippen molar-refractivity contribution in [2.75, 3.05) is 19.8 Å². The predicted octanol–water partition coefficient (Wildman–Crippen LogP) is 9.52. The van der Waals surface area contributed by atoms with Crippen molar-refractivity contribution in [2.45, 2.75) is 149 Å². The highest BCUT2D eigenvalue weighted by atomic mass is 16.5.